The van der Waals surface area contributed by atoms with Crippen LogP contribution in [0.5, 0.6) is 5.75 Å². The molecule has 5 nitrogen and oxygen atoms in total. The number of carbonyl (C=O) groups is 2. The van der Waals surface area contributed by atoms with Crippen molar-refractivity contribution in [2.75, 3.05) is 25.5 Å². The van der Waals surface area contributed by atoms with Crippen LogP contribution in [-0.2, 0) is 9.59 Å². The maximum atomic E-state index is 12.6. The monoisotopic (exact) mass is 354 g/mol. The molecule has 26 heavy (non-hydrogen) atoms. The topological polar surface area (TPSA) is 58.6 Å². The van der Waals surface area contributed by atoms with Gasteiger partial charge in [0.15, 0.2) is 0 Å². The minimum absolute atomic E-state index is 0.0235. The van der Waals surface area contributed by atoms with E-state index in [-0.39, 0.29) is 24.3 Å². The highest BCUT2D eigenvalue weighted by atomic mass is 16.5. The third kappa shape index (κ3) is 5.62. The van der Waals surface area contributed by atoms with Crippen molar-refractivity contribution in [3.63, 3.8) is 0 Å². The molecule has 0 bridgehead atoms. The van der Waals surface area contributed by atoms with E-state index in [2.05, 4.69) is 5.32 Å². The molecule has 0 fully saturated rings. The summed E-state index contributed by atoms with van der Waals surface area (Å²) < 4.78 is 5.15. The second-order valence-corrected chi connectivity index (χ2v) is 6.20. The van der Waals surface area contributed by atoms with E-state index in [1.165, 1.54) is 0 Å². The normalized spacial score (nSPS) is 11.5. The summed E-state index contributed by atoms with van der Waals surface area (Å²) >= 11 is 0. The third-order valence-corrected chi connectivity index (χ3v) is 4.27. The number of amides is 2. The minimum Gasteiger partial charge on any atom is -0.497 e. The molecule has 5 heteroatoms. The quantitative estimate of drug-likeness (QED) is 0.787. The van der Waals surface area contributed by atoms with Crippen molar-refractivity contribution in [2.24, 2.45) is 0 Å². The first-order valence-electron chi connectivity index (χ1n) is 8.80. The summed E-state index contributed by atoms with van der Waals surface area (Å²) in [5, 5.41) is 2.81. The Morgan fingerprint density at radius 2 is 1.85 bits per heavy atom. The van der Waals surface area contributed by atoms with Gasteiger partial charge in [0.05, 0.1) is 13.7 Å². The first-order chi connectivity index (χ1) is 12.5. The van der Waals surface area contributed by atoms with Crippen molar-refractivity contribution in [3.05, 3.63) is 60.2 Å². The van der Waals surface area contributed by atoms with Crippen molar-refractivity contribution in [1.29, 1.82) is 0 Å². The molecule has 1 atom stereocenters. The number of hydrogen-bond acceptors (Lipinski definition) is 3. The lowest BCUT2D eigenvalue weighted by Gasteiger charge is -2.22. The Hall–Kier alpha value is -2.82. The molecule has 1 N–H and O–H groups in total. The maximum Gasteiger partial charge on any atom is 0.243 e. The lowest BCUT2D eigenvalue weighted by Crippen LogP contribution is -2.38. The van der Waals surface area contributed by atoms with Crippen LogP contribution < -0.4 is 10.1 Å². The van der Waals surface area contributed by atoms with E-state index < -0.39 is 0 Å². The number of rotatable bonds is 8. The Morgan fingerprint density at radius 1 is 1.12 bits per heavy atom. The Morgan fingerprint density at radius 3 is 2.50 bits per heavy atom. The van der Waals surface area contributed by atoms with Gasteiger partial charge in [0.2, 0.25) is 11.8 Å². The summed E-state index contributed by atoms with van der Waals surface area (Å²) in [7, 11) is 1.58. The van der Waals surface area contributed by atoms with Crippen LogP contribution in [0, 0.1) is 0 Å². The second-order valence-electron chi connectivity index (χ2n) is 6.20. The van der Waals surface area contributed by atoms with Crippen molar-refractivity contribution < 1.29 is 14.3 Å². The number of carbonyl (C=O) groups excluding carboxylic acids is 2. The van der Waals surface area contributed by atoms with Crippen molar-refractivity contribution in [1.82, 2.24) is 4.90 Å². The molecular weight excluding hydrogens is 328 g/mol. The molecule has 0 saturated heterocycles. The molecule has 0 spiro atoms. The molecule has 0 heterocycles. The molecule has 138 valence electrons. The van der Waals surface area contributed by atoms with E-state index >= 15 is 0 Å². The number of nitrogens with one attached hydrogen (secondary N) is 1. The fourth-order valence-corrected chi connectivity index (χ4v) is 2.74. The van der Waals surface area contributed by atoms with Crippen LogP contribution in [0.1, 0.15) is 31.7 Å². The van der Waals surface area contributed by atoms with Gasteiger partial charge in [0.25, 0.3) is 0 Å². The van der Waals surface area contributed by atoms with Gasteiger partial charge < -0.3 is 15.0 Å². The lowest BCUT2D eigenvalue weighted by atomic mass is 9.97. The number of likely N-dealkylation sites (N-methyl/N-ethyl adjacent to an activating group) is 1. The number of anilines is 1. The van der Waals surface area contributed by atoms with Gasteiger partial charge in [-0.05, 0) is 30.5 Å². The summed E-state index contributed by atoms with van der Waals surface area (Å²) in [5.74, 6) is 0.535. The highest BCUT2D eigenvalue weighted by Crippen LogP contribution is 2.20. The second kappa shape index (κ2) is 9.61. The number of ether oxygens (including phenoxy) is 1. The number of methoxy groups -OCH3 is 1. The molecule has 0 saturated carbocycles. The largest absolute Gasteiger partial charge is 0.497 e. The Labute approximate surface area is 155 Å². The number of hydrogen-bond donors (Lipinski definition) is 1. The SMILES string of the molecule is CCN(CC(=O)Nc1cccc(OC)c1)C(=O)CC(C)c1ccccc1. The standard InChI is InChI=1S/C21H26N2O3/c1-4-23(21(25)13-16(2)17-9-6-5-7-10-17)15-20(24)22-18-11-8-12-19(14-18)26-3/h5-12,14,16H,4,13,15H2,1-3H3,(H,22,24). The first-order valence-corrected chi connectivity index (χ1v) is 8.80. The van der Waals surface area contributed by atoms with Crippen LogP contribution in [-0.4, -0.2) is 36.9 Å². The van der Waals surface area contributed by atoms with Crippen LogP contribution in [0.15, 0.2) is 54.6 Å². The van der Waals surface area contributed by atoms with E-state index in [9.17, 15) is 9.59 Å². The zero-order valence-corrected chi connectivity index (χ0v) is 15.6. The molecule has 1 unspecified atom stereocenters. The Kier molecular flexibility index (Phi) is 7.21. The minimum atomic E-state index is -0.221. The van der Waals surface area contributed by atoms with Crippen molar-refractivity contribution in [3.8, 4) is 5.75 Å². The predicted molar refractivity (Wildman–Crippen MR) is 103 cm³/mol. The smallest absolute Gasteiger partial charge is 0.243 e. The zero-order valence-electron chi connectivity index (χ0n) is 15.6. The summed E-state index contributed by atoms with van der Waals surface area (Å²) in [6.07, 6.45) is 0.379. The number of benzene rings is 2. The maximum absolute atomic E-state index is 12.6. The Bertz CT molecular complexity index is 731. The molecule has 2 aromatic rings. The van der Waals surface area contributed by atoms with Gasteiger partial charge in [-0.15, -0.1) is 0 Å². The van der Waals surface area contributed by atoms with E-state index in [1.54, 1.807) is 30.2 Å². The van der Waals surface area contributed by atoms with Crippen LogP contribution >= 0.6 is 0 Å². The van der Waals surface area contributed by atoms with E-state index in [0.29, 0.717) is 24.4 Å². The van der Waals surface area contributed by atoms with Crippen LogP contribution in [0.4, 0.5) is 5.69 Å². The fourth-order valence-electron chi connectivity index (χ4n) is 2.74. The average Bonchev–Trinajstić information content (AvgIpc) is 2.66. The number of nitrogens with zero attached hydrogens (tertiary/aromatic N) is 1. The molecule has 0 aliphatic heterocycles. The van der Waals surface area contributed by atoms with Crippen LogP contribution in [0.2, 0.25) is 0 Å². The van der Waals surface area contributed by atoms with E-state index in [4.69, 9.17) is 4.74 Å². The third-order valence-electron chi connectivity index (χ3n) is 4.27. The molecule has 0 aliphatic rings. The van der Waals surface area contributed by atoms with E-state index in [0.717, 1.165) is 5.56 Å². The van der Waals surface area contributed by atoms with Gasteiger partial charge in [0.1, 0.15) is 5.75 Å². The average molecular weight is 354 g/mol. The lowest BCUT2D eigenvalue weighted by molar-refractivity contribution is -0.134. The zero-order chi connectivity index (χ0) is 18.9. The molecule has 0 radical (unpaired) electrons. The summed E-state index contributed by atoms with van der Waals surface area (Å²) in [6.45, 7) is 4.43. The molecule has 2 amide bonds. The van der Waals surface area contributed by atoms with Crippen LogP contribution in [0.3, 0.4) is 0 Å². The van der Waals surface area contributed by atoms with Gasteiger partial charge in [-0.3, -0.25) is 9.59 Å². The predicted octanol–water partition coefficient (Wildman–Crippen LogP) is 3.68. The summed E-state index contributed by atoms with van der Waals surface area (Å²) in [6, 6.07) is 17.1. The van der Waals surface area contributed by atoms with Gasteiger partial charge in [-0.25, -0.2) is 0 Å². The summed E-state index contributed by atoms with van der Waals surface area (Å²) in [5.41, 5.74) is 1.77. The molecule has 2 aromatic carbocycles. The molecule has 2 rings (SSSR count). The fraction of sp³-hybridized carbons (Fsp3) is 0.333. The Balaban J connectivity index is 1.92. The van der Waals surface area contributed by atoms with Crippen molar-refractivity contribution in [2.45, 2.75) is 26.2 Å². The van der Waals surface area contributed by atoms with Crippen LogP contribution in [0.25, 0.3) is 0 Å². The summed E-state index contributed by atoms with van der Waals surface area (Å²) in [4.78, 5) is 26.4. The van der Waals surface area contributed by atoms with E-state index in [1.807, 2.05) is 50.2 Å². The molecular formula is C21H26N2O3. The van der Waals surface area contributed by atoms with Gasteiger partial charge in [0, 0.05) is 24.7 Å². The highest BCUT2D eigenvalue weighted by molar-refractivity contribution is 5.94. The molecule has 0 aliphatic carbocycles. The van der Waals surface area contributed by atoms with Gasteiger partial charge in [-0.2, -0.15) is 0 Å². The first kappa shape index (κ1) is 19.5. The van der Waals surface area contributed by atoms with Gasteiger partial charge in [-0.1, -0.05) is 43.3 Å². The highest BCUT2D eigenvalue weighted by Gasteiger charge is 2.19. The van der Waals surface area contributed by atoms with Gasteiger partial charge >= 0.3 is 0 Å². The molecule has 0 aromatic heterocycles. The van der Waals surface area contributed by atoms with Crippen molar-refractivity contribution >= 4 is 17.5 Å².